The summed E-state index contributed by atoms with van der Waals surface area (Å²) in [6.07, 6.45) is 7.07. The summed E-state index contributed by atoms with van der Waals surface area (Å²) in [5.41, 5.74) is 6.90. The lowest BCUT2D eigenvalue weighted by atomic mass is 10.1. The molecule has 5 N–H and O–H groups in total. The number of likely N-dealkylation sites (tertiary alicyclic amines) is 1. The number of carbonyl (C=O) groups is 3. The molecular weight excluding hydrogens is 474 g/mol. The number of anilines is 1. The van der Waals surface area contributed by atoms with Crippen LogP contribution in [-0.4, -0.2) is 50.9 Å². The fourth-order valence-electron chi connectivity index (χ4n) is 4.31. The number of rotatable bonds is 8. The van der Waals surface area contributed by atoms with Gasteiger partial charge in [0.05, 0.1) is 13.2 Å². The molecule has 0 bridgehead atoms. The van der Waals surface area contributed by atoms with Crippen LogP contribution in [0.15, 0.2) is 54.7 Å². The van der Waals surface area contributed by atoms with Crippen LogP contribution in [0.5, 0.6) is 5.75 Å². The lowest BCUT2D eigenvalue weighted by Gasteiger charge is -2.23. The molecule has 1 atom stereocenters. The first kappa shape index (κ1) is 25.4. The van der Waals surface area contributed by atoms with Crippen LogP contribution in [0, 0.1) is 0 Å². The molecule has 0 radical (unpaired) electrons. The number of ether oxygens (including phenoxy) is 1. The standard InChI is InChI=1S/C26H29N7O4/c1-3-4-7-21(34)32-14-5-6-19(32)25-31-22(23(24(27)35)33(25)28)16-8-10-17(11-9-16)26(36)30-20-15-18(37-2)12-13-29-20/h4,7-13,15,19H,3,5-6,14,28H2,1-2H3,(H2,27,35)(H,29,30,36)/b7-4+. The Balaban J connectivity index is 1.61. The van der Waals surface area contributed by atoms with Crippen molar-refractivity contribution in [3.05, 3.63) is 71.8 Å². The van der Waals surface area contributed by atoms with Gasteiger partial charge in [-0.3, -0.25) is 14.4 Å². The van der Waals surface area contributed by atoms with Crippen LogP contribution in [0.25, 0.3) is 11.3 Å². The number of pyridine rings is 1. The van der Waals surface area contributed by atoms with Gasteiger partial charge in [-0.1, -0.05) is 25.1 Å². The van der Waals surface area contributed by atoms with Crippen molar-refractivity contribution in [1.29, 1.82) is 0 Å². The van der Waals surface area contributed by atoms with E-state index in [0.717, 1.165) is 12.8 Å². The van der Waals surface area contributed by atoms with E-state index in [9.17, 15) is 14.4 Å². The first-order valence-corrected chi connectivity index (χ1v) is 11.9. The van der Waals surface area contributed by atoms with Crippen molar-refractivity contribution >= 4 is 23.5 Å². The number of hydrogen-bond acceptors (Lipinski definition) is 7. The van der Waals surface area contributed by atoms with Crippen molar-refractivity contribution in [1.82, 2.24) is 19.5 Å². The van der Waals surface area contributed by atoms with E-state index in [4.69, 9.17) is 16.3 Å². The second-order valence-electron chi connectivity index (χ2n) is 8.51. The van der Waals surface area contributed by atoms with Crippen LogP contribution in [0.2, 0.25) is 0 Å². The smallest absolute Gasteiger partial charge is 0.269 e. The maximum atomic E-state index is 12.7. The second kappa shape index (κ2) is 10.9. The van der Waals surface area contributed by atoms with Crippen molar-refractivity contribution in [2.75, 3.05) is 24.8 Å². The Morgan fingerprint density at radius 3 is 2.65 bits per heavy atom. The number of primary amides is 1. The number of amides is 3. The van der Waals surface area contributed by atoms with Gasteiger partial charge in [-0.05, 0) is 43.5 Å². The predicted octanol–water partition coefficient (Wildman–Crippen LogP) is 2.65. The minimum Gasteiger partial charge on any atom is -0.497 e. The van der Waals surface area contributed by atoms with Gasteiger partial charge in [0.25, 0.3) is 11.8 Å². The summed E-state index contributed by atoms with van der Waals surface area (Å²) < 4.78 is 6.32. The summed E-state index contributed by atoms with van der Waals surface area (Å²) >= 11 is 0. The Hall–Kier alpha value is -4.67. The zero-order valence-electron chi connectivity index (χ0n) is 20.7. The third-order valence-corrected chi connectivity index (χ3v) is 6.13. The Morgan fingerprint density at radius 2 is 1.97 bits per heavy atom. The highest BCUT2D eigenvalue weighted by molar-refractivity contribution is 6.04. The number of nitrogens with one attached hydrogen (secondary N) is 1. The zero-order chi connectivity index (χ0) is 26.5. The molecule has 11 nitrogen and oxygen atoms in total. The van der Waals surface area contributed by atoms with Crippen LogP contribution in [-0.2, 0) is 4.79 Å². The maximum Gasteiger partial charge on any atom is 0.269 e. The molecule has 1 aliphatic rings. The van der Waals surface area contributed by atoms with Gasteiger partial charge in [0.2, 0.25) is 5.91 Å². The molecule has 4 rings (SSSR count). The number of allylic oxidation sites excluding steroid dienone is 1. The third kappa shape index (κ3) is 5.30. The molecule has 1 aliphatic heterocycles. The number of benzene rings is 1. The van der Waals surface area contributed by atoms with E-state index in [0.29, 0.717) is 41.5 Å². The minimum absolute atomic E-state index is 0.0242. The number of nitrogens with zero attached hydrogens (tertiary/aromatic N) is 4. The quantitative estimate of drug-likeness (QED) is 0.315. The molecule has 1 saturated heterocycles. The molecule has 3 amide bonds. The number of carbonyl (C=O) groups excluding carboxylic acids is 3. The average Bonchev–Trinajstić information content (AvgIpc) is 3.52. The Morgan fingerprint density at radius 1 is 1.22 bits per heavy atom. The van der Waals surface area contributed by atoms with E-state index in [1.165, 1.54) is 18.0 Å². The topological polar surface area (TPSA) is 158 Å². The van der Waals surface area contributed by atoms with Gasteiger partial charge >= 0.3 is 0 Å². The molecule has 0 saturated carbocycles. The monoisotopic (exact) mass is 503 g/mol. The molecule has 11 heteroatoms. The molecule has 1 aromatic carbocycles. The molecule has 192 valence electrons. The Bertz CT molecular complexity index is 1350. The van der Waals surface area contributed by atoms with Crippen molar-refractivity contribution in [3.63, 3.8) is 0 Å². The van der Waals surface area contributed by atoms with Gasteiger partial charge < -0.3 is 26.5 Å². The average molecular weight is 504 g/mol. The van der Waals surface area contributed by atoms with Crippen molar-refractivity contribution in [3.8, 4) is 17.0 Å². The zero-order valence-corrected chi connectivity index (χ0v) is 20.7. The maximum absolute atomic E-state index is 12.7. The van der Waals surface area contributed by atoms with E-state index in [1.54, 1.807) is 53.5 Å². The van der Waals surface area contributed by atoms with E-state index in [2.05, 4.69) is 15.3 Å². The Labute approximate surface area is 214 Å². The van der Waals surface area contributed by atoms with E-state index in [-0.39, 0.29) is 29.2 Å². The van der Waals surface area contributed by atoms with Gasteiger partial charge in [0.15, 0.2) is 11.5 Å². The summed E-state index contributed by atoms with van der Waals surface area (Å²) in [4.78, 5) is 48.2. The SMILES string of the molecule is CC/C=C/C(=O)N1CCCC1c1nc(-c2ccc(C(=O)Nc3cc(OC)ccn3)cc2)c(C(N)=O)n1N. The van der Waals surface area contributed by atoms with Crippen LogP contribution in [0.1, 0.15) is 58.9 Å². The van der Waals surface area contributed by atoms with Crippen LogP contribution in [0.3, 0.4) is 0 Å². The minimum atomic E-state index is -0.746. The van der Waals surface area contributed by atoms with Crippen molar-refractivity contribution < 1.29 is 19.1 Å². The van der Waals surface area contributed by atoms with E-state index in [1.807, 2.05) is 6.92 Å². The van der Waals surface area contributed by atoms with Gasteiger partial charge in [-0.15, -0.1) is 0 Å². The normalized spacial score (nSPS) is 15.2. The number of nitrogens with two attached hydrogens (primary N) is 2. The molecule has 1 fully saturated rings. The number of nitrogen functional groups attached to an aromatic ring is 1. The molecule has 0 aliphatic carbocycles. The van der Waals surface area contributed by atoms with Gasteiger partial charge in [0.1, 0.15) is 17.3 Å². The van der Waals surface area contributed by atoms with E-state index < -0.39 is 5.91 Å². The summed E-state index contributed by atoms with van der Waals surface area (Å²) in [5.74, 6) is 6.34. The van der Waals surface area contributed by atoms with Gasteiger partial charge in [0, 0.05) is 29.9 Å². The summed E-state index contributed by atoms with van der Waals surface area (Å²) in [6.45, 7) is 2.52. The highest BCUT2D eigenvalue weighted by atomic mass is 16.5. The fourth-order valence-corrected chi connectivity index (χ4v) is 4.31. The highest BCUT2D eigenvalue weighted by Gasteiger charge is 2.34. The van der Waals surface area contributed by atoms with Crippen molar-refractivity contribution in [2.45, 2.75) is 32.2 Å². The Kier molecular flexibility index (Phi) is 7.52. The van der Waals surface area contributed by atoms with E-state index >= 15 is 0 Å². The number of hydrogen-bond donors (Lipinski definition) is 3. The number of aromatic nitrogens is 3. The lowest BCUT2D eigenvalue weighted by Crippen LogP contribution is -2.33. The highest BCUT2D eigenvalue weighted by Crippen LogP contribution is 2.34. The molecular formula is C26H29N7O4. The lowest BCUT2D eigenvalue weighted by molar-refractivity contribution is -0.127. The summed E-state index contributed by atoms with van der Waals surface area (Å²) in [5, 5.41) is 2.72. The summed E-state index contributed by atoms with van der Waals surface area (Å²) in [6, 6.07) is 9.43. The van der Waals surface area contributed by atoms with Crippen LogP contribution < -0.4 is 21.6 Å². The second-order valence-corrected chi connectivity index (χ2v) is 8.51. The molecule has 37 heavy (non-hydrogen) atoms. The van der Waals surface area contributed by atoms with Gasteiger partial charge in [-0.2, -0.15) is 0 Å². The molecule has 2 aromatic heterocycles. The number of methoxy groups -OCH3 is 1. The fraction of sp³-hybridized carbons (Fsp3) is 0.269. The van der Waals surface area contributed by atoms with Gasteiger partial charge in [-0.25, -0.2) is 14.6 Å². The first-order valence-electron chi connectivity index (χ1n) is 11.9. The van der Waals surface area contributed by atoms with Crippen LogP contribution in [0.4, 0.5) is 5.82 Å². The van der Waals surface area contributed by atoms with Crippen molar-refractivity contribution in [2.24, 2.45) is 5.73 Å². The molecule has 3 heterocycles. The third-order valence-electron chi connectivity index (χ3n) is 6.13. The molecule has 1 unspecified atom stereocenters. The largest absolute Gasteiger partial charge is 0.497 e. The predicted molar refractivity (Wildman–Crippen MR) is 138 cm³/mol. The van der Waals surface area contributed by atoms with Crippen LogP contribution >= 0.6 is 0 Å². The molecule has 3 aromatic rings. The molecule has 0 spiro atoms. The first-order chi connectivity index (χ1) is 17.8. The summed E-state index contributed by atoms with van der Waals surface area (Å²) in [7, 11) is 1.53. The number of imidazole rings is 1.